The Hall–Kier alpha value is -2.93. The summed E-state index contributed by atoms with van der Waals surface area (Å²) in [5, 5.41) is 24.9. The van der Waals surface area contributed by atoms with Crippen LogP contribution < -0.4 is 10.1 Å². The van der Waals surface area contributed by atoms with Crippen LogP contribution in [-0.2, 0) is 9.84 Å². The molecule has 0 fully saturated rings. The number of hydrogen-bond acceptors (Lipinski definition) is 8. The Morgan fingerprint density at radius 2 is 2.27 bits per heavy atom. The van der Waals surface area contributed by atoms with E-state index >= 15 is 0 Å². The third kappa shape index (κ3) is 3.39. The van der Waals surface area contributed by atoms with E-state index in [0.29, 0.717) is 11.4 Å². The Labute approximate surface area is 126 Å². The van der Waals surface area contributed by atoms with Crippen LogP contribution in [0.4, 0.5) is 5.69 Å². The van der Waals surface area contributed by atoms with Crippen LogP contribution in [0.3, 0.4) is 0 Å². The number of H-pyrrole nitrogens is 1. The molecule has 2 aromatic rings. The summed E-state index contributed by atoms with van der Waals surface area (Å²) in [5.74, 6) is 0.544. The lowest BCUT2D eigenvalue weighted by Gasteiger charge is -2.10. The SMILES string of the molecule is COc1ccc(S(C)(=O)=O)cc1NC=C(C#N)c1nn[nH]n1. The summed E-state index contributed by atoms with van der Waals surface area (Å²) in [5.41, 5.74) is 0.516. The average Bonchev–Trinajstić information content (AvgIpc) is 3.01. The van der Waals surface area contributed by atoms with Gasteiger partial charge < -0.3 is 10.1 Å². The van der Waals surface area contributed by atoms with E-state index in [1.165, 1.54) is 31.5 Å². The van der Waals surface area contributed by atoms with Crippen molar-refractivity contribution in [3.63, 3.8) is 0 Å². The molecule has 0 spiro atoms. The van der Waals surface area contributed by atoms with Gasteiger partial charge in [-0.1, -0.05) is 0 Å². The highest BCUT2D eigenvalue weighted by Crippen LogP contribution is 2.28. The molecular weight excluding hydrogens is 308 g/mol. The first-order valence-electron chi connectivity index (χ1n) is 5.94. The monoisotopic (exact) mass is 320 g/mol. The molecule has 1 aromatic heterocycles. The summed E-state index contributed by atoms with van der Waals surface area (Å²) in [6, 6.07) is 6.28. The van der Waals surface area contributed by atoms with E-state index in [1.807, 2.05) is 6.07 Å². The highest BCUT2D eigenvalue weighted by atomic mass is 32.2. The molecule has 0 saturated carbocycles. The number of aromatic nitrogens is 4. The Balaban J connectivity index is 2.38. The zero-order valence-electron chi connectivity index (χ0n) is 11.7. The number of tetrazole rings is 1. The van der Waals surface area contributed by atoms with E-state index in [9.17, 15) is 8.42 Å². The van der Waals surface area contributed by atoms with E-state index in [2.05, 4.69) is 25.9 Å². The normalized spacial score (nSPS) is 11.8. The average molecular weight is 320 g/mol. The lowest BCUT2D eigenvalue weighted by Crippen LogP contribution is -2.01. The van der Waals surface area contributed by atoms with Crippen molar-refractivity contribution in [3.8, 4) is 11.8 Å². The molecular formula is C12H12N6O3S. The van der Waals surface area contributed by atoms with Crippen LogP contribution in [0.15, 0.2) is 29.3 Å². The minimum Gasteiger partial charge on any atom is -0.495 e. The van der Waals surface area contributed by atoms with E-state index in [4.69, 9.17) is 10.00 Å². The fourth-order valence-corrected chi connectivity index (χ4v) is 2.25. The Bertz CT molecular complexity index is 836. The van der Waals surface area contributed by atoms with E-state index in [-0.39, 0.29) is 16.3 Å². The van der Waals surface area contributed by atoms with Gasteiger partial charge >= 0.3 is 0 Å². The van der Waals surface area contributed by atoms with Gasteiger partial charge in [0.05, 0.1) is 17.7 Å². The standard InChI is InChI=1S/C12H12N6O3S/c1-21-11-4-3-9(22(2,19)20)5-10(11)14-7-8(6-13)12-15-17-18-16-12/h3-5,7,14H,1-2H3,(H,15,16,17,18). The number of allylic oxidation sites excluding steroid dienone is 1. The first-order chi connectivity index (χ1) is 10.5. The van der Waals surface area contributed by atoms with Gasteiger partial charge in [-0.05, 0) is 23.4 Å². The van der Waals surface area contributed by atoms with Gasteiger partial charge in [0.25, 0.3) is 0 Å². The number of nitrogens with zero attached hydrogens (tertiary/aromatic N) is 4. The fourth-order valence-electron chi connectivity index (χ4n) is 1.60. The summed E-state index contributed by atoms with van der Waals surface area (Å²) >= 11 is 0. The van der Waals surface area contributed by atoms with Crippen molar-refractivity contribution in [2.75, 3.05) is 18.7 Å². The molecule has 0 aliphatic heterocycles. The maximum Gasteiger partial charge on any atom is 0.216 e. The molecule has 1 heterocycles. The summed E-state index contributed by atoms with van der Waals surface area (Å²) in [7, 11) is -1.91. The quantitative estimate of drug-likeness (QED) is 0.764. The molecule has 0 aliphatic carbocycles. The van der Waals surface area contributed by atoms with Crippen LogP contribution >= 0.6 is 0 Å². The molecule has 0 atom stereocenters. The first kappa shape index (κ1) is 15.5. The highest BCUT2D eigenvalue weighted by molar-refractivity contribution is 7.90. The van der Waals surface area contributed by atoms with Gasteiger partial charge in [-0.2, -0.15) is 10.5 Å². The number of nitrogens with one attached hydrogen (secondary N) is 2. The van der Waals surface area contributed by atoms with Gasteiger partial charge in [0.15, 0.2) is 9.84 Å². The summed E-state index contributed by atoms with van der Waals surface area (Å²) < 4.78 is 28.3. The van der Waals surface area contributed by atoms with Crippen molar-refractivity contribution in [3.05, 3.63) is 30.2 Å². The third-order valence-electron chi connectivity index (χ3n) is 2.68. The van der Waals surface area contributed by atoms with Crippen LogP contribution in [0.25, 0.3) is 5.57 Å². The van der Waals surface area contributed by atoms with Gasteiger partial charge in [-0.25, -0.2) is 8.42 Å². The minimum atomic E-state index is -3.36. The van der Waals surface area contributed by atoms with Gasteiger partial charge in [-0.15, -0.1) is 10.2 Å². The van der Waals surface area contributed by atoms with Gasteiger partial charge in [0.1, 0.15) is 17.4 Å². The second kappa shape index (κ2) is 6.23. The highest BCUT2D eigenvalue weighted by Gasteiger charge is 2.12. The van der Waals surface area contributed by atoms with Crippen LogP contribution in [0.1, 0.15) is 5.82 Å². The van der Waals surface area contributed by atoms with Gasteiger partial charge in [0, 0.05) is 12.5 Å². The molecule has 22 heavy (non-hydrogen) atoms. The second-order valence-electron chi connectivity index (χ2n) is 4.18. The van der Waals surface area contributed by atoms with Crippen molar-refractivity contribution >= 4 is 21.1 Å². The number of methoxy groups -OCH3 is 1. The molecule has 2 rings (SSSR count). The molecule has 0 saturated heterocycles. The molecule has 9 nitrogen and oxygen atoms in total. The Morgan fingerprint density at radius 1 is 1.50 bits per heavy atom. The number of sulfone groups is 1. The number of nitriles is 1. The van der Waals surface area contributed by atoms with Gasteiger partial charge in [0.2, 0.25) is 5.82 Å². The molecule has 114 valence electrons. The van der Waals surface area contributed by atoms with Crippen molar-refractivity contribution in [1.82, 2.24) is 20.6 Å². The van der Waals surface area contributed by atoms with Crippen LogP contribution in [0, 0.1) is 11.3 Å². The summed E-state index contributed by atoms with van der Waals surface area (Å²) in [6.07, 6.45) is 2.45. The second-order valence-corrected chi connectivity index (χ2v) is 6.20. The first-order valence-corrected chi connectivity index (χ1v) is 7.83. The maximum absolute atomic E-state index is 11.6. The smallest absolute Gasteiger partial charge is 0.216 e. The topological polar surface area (TPSA) is 134 Å². The van der Waals surface area contributed by atoms with Crippen LogP contribution in [-0.4, -0.2) is 42.4 Å². The molecule has 0 aliphatic rings. The molecule has 0 amide bonds. The molecule has 10 heteroatoms. The molecule has 0 bridgehead atoms. The Morgan fingerprint density at radius 3 is 2.82 bits per heavy atom. The number of ether oxygens (including phenoxy) is 1. The summed E-state index contributed by atoms with van der Waals surface area (Å²) in [4.78, 5) is 0.127. The predicted octanol–water partition coefficient (Wildman–Crippen LogP) is 0.588. The lowest BCUT2D eigenvalue weighted by molar-refractivity contribution is 0.416. The lowest BCUT2D eigenvalue weighted by atomic mass is 10.2. The Kier molecular flexibility index (Phi) is 4.38. The largest absolute Gasteiger partial charge is 0.495 e. The molecule has 0 unspecified atom stereocenters. The third-order valence-corrected chi connectivity index (χ3v) is 3.79. The fraction of sp³-hybridized carbons (Fsp3) is 0.167. The van der Waals surface area contributed by atoms with E-state index in [1.54, 1.807) is 0 Å². The molecule has 2 N–H and O–H groups in total. The zero-order valence-corrected chi connectivity index (χ0v) is 12.5. The molecule has 0 radical (unpaired) electrons. The zero-order chi connectivity index (χ0) is 16.2. The van der Waals surface area contributed by atoms with Crippen molar-refractivity contribution in [1.29, 1.82) is 5.26 Å². The number of aromatic amines is 1. The van der Waals surface area contributed by atoms with Crippen molar-refractivity contribution in [2.24, 2.45) is 0 Å². The van der Waals surface area contributed by atoms with Crippen molar-refractivity contribution < 1.29 is 13.2 Å². The van der Waals surface area contributed by atoms with E-state index < -0.39 is 9.84 Å². The summed E-state index contributed by atoms with van der Waals surface area (Å²) in [6.45, 7) is 0. The minimum absolute atomic E-state index is 0.119. The van der Waals surface area contributed by atoms with Crippen molar-refractivity contribution in [2.45, 2.75) is 4.90 Å². The molecule has 1 aromatic carbocycles. The number of benzene rings is 1. The van der Waals surface area contributed by atoms with Crippen LogP contribution in [0.2, 0.25) is 0 Å². The number of anilines is 1. The maximum atomic E-state index is 11.6. The number of rotatable bonds is 5. The van der Waals surface area contributed by atoms with Gasteiger partial charge in [-0.3, -0.25) is 0 Å². The number of hydrogen-bond donors (Lipinski definition) is 2. The van der Waals surface area contributed by atoms with E-state index in [0.717, 1.165) is 6.26 Å². The predicted molar refractivity (Wildman–Crippen MR) is 77.5 cm³/mol. The van der Waals surface area contributed by atoms with Crippen LogP contribution in [0.5, 0.6) is 5.75 Å².